The summed E-state index contributed by atoms with van der Waals surface area (Å²) in [5.41, 5.74) is 2.93. The summed E-state index contributed by atoms with van der Waals surface area (Å²) in [6.07, 6.45) is 11.1. The highest BCUT2D eigenvalue weighted by Gasteiger charge is 2.49. The fourth-order valence-corrected chi connectivity index (χ4v) is 3.48. The molecule has 0 bridgehead atoms. The predicted octanol–water partition coefficient (Wildman–Crippen LogP) is 3.00. The SMILES string of the molecule is C=C[C@H]1CC2=C3C(=C(C(=O)OC)C=C[C@]31C#N)C=CC2. The first kappa shape index (κ1) is 12.7. The number of rotatable bonds is 2. The topological polar surface area (TPSA) is 50.1 Å². The van der Waals surface area contributed by atoms with Crippen LogP contribution in [0.5, 0.6) is 0 Å². The van der Waals surface area contributed by atoms with Crippen LogP contribution in [0.3, 0.4) is 0 Å². The van der Waals surface area contributed by atoms with Crippen LogP contribution < -0.4 is 0 Å². The number of ether oxygens (including phenoxy) is 1. The summed E-state index contributed by atoms with van der Waals surface area (Å²) >= 11 is 0. The van der Waals surface area contributed by atoms with Crippen molar-refractivity contribution in [2.75, 3.05) is 7.11 Å². The average Bonchev–Trinajstić information content (AvgIpc) is 2.83. The molecule has 0 spiro atoms. The Balaban J connectivity index is 2.24. The van der Waals surface area contributed by atoms with Crippen LogP contribution in [-0.4, -0.2) is 13.1 Å². The van der Waals surface area contributed by atoms with Crippen molar-refractivity contribution in [3.8, 4) is 6.07 Å². The third-order valence-corrected chi connectivity index (χ3v) is 4.41. The van der Waals surface area contributed by atoms with Gasteiger partial charge in [0.15, 0.2) is 0 Å². The third kappa shape index (κ3) is 1.42. The molecular formula is C17H15NO2. The Hall–Kier alpha value is -2.34. The third-order valence-electron chi connectivity index (χ3n) is 4.41. The first-order valence-electron chi connectivity index (χ1n) is 6.63. The van der Waals surface area contributed by atoms with E-state index in [1.165, 1.54) is 12.7 Å². The number of hydrogen-bond acceptors (Lipinski definition) is 3. The van der Waals surface area contributed by atoms with Gasteiger partial charge in [0.1, 0.15) is 5.41 Å². The van der Waals surface area contributed by atoms with Crippen molar-refractivity contribution >= 4 is 5.97 Å². The lowest BCUT2D eigenvalue weighted by Crippen LogP contribution is -2.28. The van der Waals surface area contributed by atoms with E-state index in [-0.39, 0.29) is 11.9 Å². The first-order valence-corrected chi connectivity index (χ1v) is 6.63. The molecule has 3 nitrogen and oxygen atoms in total. The van der Waals surface area contributed by atoms with E-state index in [9.17, 15) is 10.1 Å². The second-order valence-corrected chi connectivity index (χ2v) is 5.26. The minimum atomic E-state index is -0.672. The molecule has 2 atom stereocenters. The van der Waals surface area contributed by atoms with Crippen LogP contribution in [0.2, 0.25) is 0 Å². The van der Waals surface area contributed by atoms with E-state index in [0.717, 1.165) is 24.0 Å². The second kappa shape index (κ2) is 4.35. The molecule has 3 heteroatoms. The summed E-state index contributed by atoms with van der Waals surface area (Å²) < 4.78 is 4.84. The molecular weight excluding hydrogens is 250 g/mol. The van der Waals surface area contributed by atoms with Crippen molar-refractivity contribution in [2.45, 2.75) is 12.8 Å². The van der Waals surface area contributed by atoms with E-state index >= 15 is 0 Å². The lowest BCUT2D eigenvalue weighted by Gasteiger charge is -2.32. The molecule has 0 radical (unpaired) electrons. The molecule has 20 heavy (non-hydrogen) atoms. The van der Waals surface area contributed by atoms with Crippen LogP contribution in [0.1, 0.15) is 12.8 Å². The maximum atomic E-state index is 11.9. The zero-order valence-electron chi connectivity index (χ0n) is 11.3. The number of methoxy groups -OCH3 is 1. The van der Waals surface area contributed by atoms with E-state index in [1.807, 2.05) is 24.3 Å². The van der Waals surface area contributed by atoms with Crippen molar-refractivity contribution in [3.05, 3.63) is 59.3 Å². The molecule has 100 valence electrons. The van der Waals surface area contributed by atoms with E-state index in [2.05, 4.69) is 12.6 Å². The Bertz CT molecular complexity index is 670. The molecule has 0 saturated heterocycles. The molecule has 0 heterocycles. The van der Waals surface area contributed by atoms with Gasteiger partial charge in [-0.3, -0.25) is 0 Å². The van der Waals surface area contributed by atoms with Crippen LogP contribution in [0, 0.1) is 22.7 Å². The molecule has 0 amide bonds. The summed E-state index contributed by atoms with van der Waals surface area (Å²) in [7, 11) is 1.37. The quantitative estimate of drug-likeness (QED) is 0.569. The molecule has 3 aliphatic rings. The molecule has 0 N–H and O–H groups in total. The lowest BCUT2D eigenvalue weighted by atomic mass is 9.68. The first-order chi connectivity index (χ1) is 9.67. The van der Waals surface area contributed by atoms with Crippen molar-refractivity contribution < 1.29 is 9.53 Å². The number of carbonyl (C=O) groups is 1. The second-order valence-electron chi connectivity index (χ2n) is 5.26. The van der Waals surface area contributed by atoms with Gasteiger partial charge in [-0.1, -0.05) is 29.9 Å². The van der Waals surface area contributed by atoms with Gasteiger partial charge >= 0.3 is 5.97 Å². The van der Waals surface area contributed by atoms with Crippen LogP contribution in [-0.2, 0) is 9.53 Å². The average molecular weight is 265 g/mol. The Morgan fingerprint density at radius 3 is 3.05 bits per heavy atom. The van der Waals surface area contributed by atoms with E-state index < -0.39 is 5.41 Å². The Labute approximate surface area is 118 Å². The molecule has 0 aromatic rings. The Morgan fingerprint density at radius 2 is 2.40 bits per heavy atom. The number of allylic oxidation sites excluding steroid dienone is 7. The van der Waals surface area contributed by atoms with Gasteiger partial charge in [0.25, 0.3) is 0 Å². The fourth-order valence-electron chi connectivity index (χ4n) is 3.48. The summed E-state index contributed by atoms with van der Waals surface area (Å²) in [6, 6.07) is 2.45. The maximum absolute atomic E-state index is 11.9. The molecule has 0 unspecified atom stereocenters. The van der Waals surface area contributed by atoms with E-state index in [0.29, 0.717) is 5.57 Å². The van der Waals surface area contributed by atoms with Gasteiger partial charge < -0.3 is 4.74 Å². The summed E-state index contributed by atoms with van der Waals surface area (Å²) in [4.78, 5) is 11.9. The van der Waals surface area contributed by atoms with E-state index in [1.54, 1.807) is 6.08 Å². The predicted molar refractivity (Wildman–Crippen MR) is 75.3 cm³/mol. The number of esters is 1. The minimum Gasteiger partial charge on any atom is -0.465 e. The van der Waals surface area contributed by atoms with Crippen molar-refractivity contribution in [2.24, 2.45) is 11.3 Å². The van der Waals surface area contributed by atoms with Gasteiger partial charge in [-0.05, 0) is 30.1 Å². The number of nitrogens with zero attached hydrogens (tertiary/aromatic N) is 1. The summed E-state index contributed by atoms with van der Waals surface area (Å²) in [5, 5.41) is 9.74. The van der Waals surface area contributed by atoms with Crippen molar-refractivity contribution in [1.29, 1.82) is 5.26 Å². The Morgan fingerprint density at radius 1 is 1.60 bits per heavy atom. The molecule has 3 rings (SSSR count). The zero-order valence-corrected chi connectivity index (χ0v) is 11.3. The normalized spacial score (nSPS) is 30.1. The number of carbonyl (C=O) groups excluding carboxylic acids is 1. The number of nitriles is 1. The molecule has 0 saturated carbocycles. The molecule has 3 aliphatic carbocycles. The Kier molecular flexibility index (Phi) is 2.76. The zero-order chi connectivity index (χ0) is 14.3. The summed E-state index contributed by atoms with van der Waals surface area (Å²) in [6.45, 7) is 3.87. The number of hydrogen-bond donors (Lipinski definition) is 0. The molecule has 0 aromatic carbocycles. The van der Waals surface area contributed by atoms with Crippen LogP contribution in [0.4, 0.5) is 0 Å². The maximum Gasteiger partial charge on any atom is 0.338 e. The highest BCUT2D eigenvalue weighted by molar-refractivity contribution is 5.95. The van der Waals surface area contributed by atoms with E-state index in [4.69, 9.17) is 4.74 Å². The fraction of sp³-hybridized carbons (Fsp3) is 0.294. The largest absolute Gasteiger partial charge is 0.465 e. The monoisotopic (exact) mass is 265 g/mol. The summed E-state index contributed by atoms with van der Waals surface area (Å²) in [5.74, 6) is -0.286. The van der Waals surface area contributed by atoms with Gasteiger partial charge in [-0.15, -0.1) is 6.58 Å². The smallest absolute Gasteiger partial charge is 0.338 e. The lowest BCUT2D eigenvalue weighted by molar-refractivity contribution is -0.135. The molecule has 0 aromatic heterocycles. The van der Waals surface area contributed by atoms with Gasteiger partial charge in [0.05, 0.1) is 18.8 Å². The van der Waals surface area contributed by atoms with Crippen LogP contribution >= 0.6 is 0 Å². The molecule has 0 aliphatic heterocycles. The van der Waals surface area contributed by atoms with Crippen molar-refractivity contribution in [3.63, 3.8) is 0 Å². The van der Waals surface area contributed by atoms with Gasteiger partial charge in [-0.2, -0.15) is 5.26 Å². The van der Waals surface area contributed by atoms with Crippen LogP contribution in [0.25, 0.3) is 0 Å². The van der Waals surface area contributed by atoms with Crippen molar-refractivity contribution in [1.82, 2.24) is 0 Å². The standard InChI is InChI=1S/C17H15NO2/c1-3-12-9-11-5-4-6-13-14(16(19)20-2)7-8-17(12,10-18)15(11)13/h3-4,6-8,12H,1,5,9H2,2H3/t12-,17+/m0/s1. The minimum absolute atomic E-state index is 0.0721. The highest BCUT2D eigenvalue weighted by atomic mass is 16.5. The van der Waals surface area contributed by atoms with Gasteiger partial charge in [-0.25, -0.2) is 4.79 Å². The van der Waals surface area contributed by atoms with Crippen LogP contribution in [0.15, 0.2) is 59.3 Å². The highest BCUT2D eigenvalue weighted by Crippen LogP contribution is 2.56. The molecule has 0 fully saturated rings. The van der Waals surface area contributed by atoms with Gasteiger partial charge in [0, 0.05) is 5.92 Å². The van der Waals surface area contributed by atoms with Gasteiger partial charge in [0.2, 0.25) is 0 Å².